The summed E-state index contributed by atoms with van der Waals surface area (Å²) in [6.45, 7) is 3.78. The molecule has 6 heteroatoms. The first-order valence-corrected chi connectivity index (χ1v) is 10.1. The average molecular weight is 429 g/mol. The number of amides is 1. The Morgan fingerprint density at radius 3 is 2.22 bits per heavy atom. The molecule has 162 valence electrons. The third-order valence-electron chi connectivity index (χ3n) is 5.64. The molecular formula is C26H23NO5. The number of ether oxygens (including phenoxy) is 1. The molecule has 4 rings (SSSR count). The summed E-state index contributed by atoms with van der Waals surface area (Å²) in [6.07, 6.45) is 0. The highest BCUT2D eigenvalue weighted by molar-refractivity contribution is 6.51. The van der Waals surface area contributed by atoms with E-state index in [1.165, 1.54) is 24.1 Å². The van der Waals surface area contributed by atoms with E-state index in [4.69, 9.17) is 4.74 Å². The van der Waals surface area contributed by atoms with Gasteiger partial charge in [-0.25, -0.2) is 0 Å². The molecule has 0 aliphatic carbocycles. The number of phenolic OH excluding ortho intramolecular Hbond substituents is 1. The van der Waals surface area contributed by atoms with Gasteiger partial charge in [-0.3, -0.25) is 14.5 Å². The predicted molar refractivity (Wildman–Crippen MR) is 122 cm³/mol. The van der Waals surface area contributed by atoms with Gasteiger partial charge in [0.1, 0.15) is 17.3 Å². The Labute approximate surface area is 186 Å². The summed E-state index contributed by atoms with van der Waals surface area (Å²) in [5.41, 5.74) is 3.34. The van der Waals surface area contributed by atoms with Gasteiger partial charge in [0.15, 0.2) is 0 Å². The van der Waals surface area contributed by atoms with E-state index >= 15 is 0 Å². The van der Waals surface area contributed by atoms with Crippen LogP contribution in [0, 0.1) is 13.8 Å². The predicted octanol–water partition coefficient (Wildman–Crippen LogP) is 4.64. The van der Waals surface area contributed by atoms with Gasteiger partial charge in [0.2, 0.25) is 0 Å². The Morgan fingerprint density at radius 2 is 1.59 bits per heavy atom. The summed E-state index contributed by atoms with van der Waals surface area (Å²) in [5, 5.41) is 20.9. The van der Waals surface area contributed by atoms with Crippen molar-refractivity contribution in [3.63, 3.8) is 0 Å². The molecule has 1 aliphatic rings. The summed E-state index contributed by atoms with van der Waals surface area (Å²) in [7, 11) is 1.54. The quantitative estimate of drug-likeness (QED) is 0.358. The van der Waals surface area contributed by atoms with Gasteiger partial charge in [0.25, 0.3) is 11.7 Å². The molecule has 3 aromatic carbocycles. The number of rotatable bonds is 4. The van der Waals surface area contributed by atoms with Gasteiger partial charge in [-0.05, 0) is 73.0 Å². The number of carbonyl (C=O) groups excluding carboxylic acids is 2. The Kier molecular flexibility index (Phi) is 5.45. The number of aliphatic hydroxyl groups is 1. The summed E-state index contributed by atoms with van der Waals surface area (Å²) >= 11 is 0. The Bertz CT molecular complexity index is 1230. The maximum absolute atomic E-state index is 13.2. The first-order chi connectivity index (χ1) is 15.3. The molecule has 0 bridgehead atoms. The van der Waals surface area contributed by atoms with Crippen LogP contribution in [-0.4, -0.2) is 29.0 Å². The molecule has 32 heavy (non-hydrogen) atoms. The zero-order chi connectivity index (χ0) is 23.0. The highest BCUT2D eigenvalue weighted by Gasteiger charge is 2.47. The Hall–Kier alpha value is -4.06. The molecule has 1 atom stereocenters. The van der Waals surface area contributed by atoms with Crippen LogP contribution in [0.2, 0.25) is 0 Å². The molecule has 0 aromatic heterocycles. The minimum atomic E-state index is -0.849. The van der Waals surface area contributed by atoms with Crippen LogP contribution in [0.15, 0.2) is 72.3 Å². The van der Waals surface area contributed by atoms with Gasteiger partial charge in [0, 0.05) is 11.3 Å². The first-order valence-electron chi connectivity index (χ1n) is 10.1. The van der Waals surface area contributed by atoms with Crippen LogP contribution in [-0.2, 0) is 9.59 Å². The number of nitrogens with zero attached hydrogens (tertiary/aromatic N) is 1. The molecule has 0 spiro atoms. The van der Waals surface area contributed by atoms with Crippen molar-refractivity contribution in [3.8, 4) is 11.5 Å². The number of anilines is 1. The van der Waals surface area contributed by atoms with Gasteiger partial charge in [-0.1, -0.05) is 24.3 Å². The number of carbonyl (C=O) groups is 2. The fourth-order valence-electron chi connectivity index (χ4n) is 3.94. The van der Waals surface area contributed by atoms with Crippen molar-refractivity contribution < 1.29 is 24.5 Å². The van der Waals surface area contributed by atoms with E-state index in [1.807, 2.05) is 32.0 Å². The molecular weight excluding hydrogens is 406 g/mol. The fourth-order valence-corrected chi connectivity index (χ4v) is 3.94. The third kappa shape index (κ3) is 3.60. The fraction of sp³-hybridized carbons (Fsp3) is 0.154. The average Bonchev–Trinajstić information content (AvgIpc) is 3.06. The van der Waals surface area contributed by atoms with Crippen LogP contribution >= 0.6 is 0 Å². The lowest BCUT2D eigenvalue weighted by atomic mass is 9.94. The molecule has 1 heterocycles. The van der Waals surface area contributed by atoms with E-state index in [1.54, 1.807) is 36.4 Å². The molecule has 0 radical (unpaired) electrons. The number of ketones is 1. The largest absolute Gasteiger partial charge is 0.508 e. The Morgan fingerprint density at radius 1 is 0.938 bits per heavy atom. The van der Waals surface area contributed by atoms with Crippen molar-refractivity contribution >= 4 is 23.1 Å². The number of Topliss-reactive ketones (excluding diaryl/α,β-unsaturated/α-hetero) is 1. The summed E-state index contributed by atoms with van der Waals surface area (Å²) in [6, 6.07) is 17.7. The minimum Gasteiger partial charge on any atom is -0.508 e. The first kappa shape index (κ1) is 21.2. The number of aryl methyl sites for hydroxylation is 2. The van der Waals surface area contributed by atoms with E-state index in [2.05, 4.69) is 0 Å². The van der Waals surface area contributed by atoms with Crippen molar-refractivity contribution in [1.29, 1.82) is 0 Å². The maximum atomic E-state index is 13.2. The van der Waals surface area contributed by atoms with Crippen LogP contribution in [0.3, 0.4) is 0 Å². The van der Waals surface area contributed by atoms with Crippen molar-refractivity contribution in [2.24, 2.45) is 0 Å². The van der Waals surface area contributed by atoms with Crippen LogP contribution in [0.4, 0.5) is 5.69 Å². The monoisotopic (exact) mass is 429 g/mol. The topological polar surface area (TPSA) is 87.1 Å². The molecule has 2 N–H and O–H groups in total. The number of methoxy groups -OCH3 is 1. The summed E-state index contributed by atoms with van der Waals surface area (Å²) in [5.74, 6) is -1.08. The van der Waals surface area contributed by atoms with Crippen LogP contribution in [0.5, 0.6) is 11.5 Å². The lowest BCUT2D eigenvalue weighted by Gasteiger charge is -2.27. The van der Waals surface area contributed by atoms with E-state index in [-0.39, 0.29) is 17.1 Å². The van der Waals surface area contributed by atoms with Gasteiger partial charge >= 0.3 is 0 Å². The highest BCUT2D eigenvalue weighted by Crippen LogP contribution is 2.43. The molecule has 0 saturated carbocycles. The van der Waals surface area contributed by atoms with Crippen molar-refractivity contribution in [2.75, 3.05) is 12.0 Å². The van der Waals surface area contributed by atoms with Crippen LogP contribution in [0.1, 0.15) is 28.3 Å². The smallest absolute Gasteiger partial charge is 0.300 e. The van der Waals surface area contributed by atoms with E-state index in [0.717, 1.165) is 11.1 Å². The van der Waals surface area contributed by atoms with Gasteiger partial charge in [0.05, 0.1) is 18.7 Å². The van der Waals surface area contributed by atoms with Crippen molar-refractivity contribution in [3.05, 3.63) is 94.6 Å². The third-order valence-corrected chi connectivity index (χ3v) is 5.64. The van der Waals surface area contributed by atoms with Gasteiger partial charge in [-0.15, -0.1) is 0 Å². The highest BCUT2D eigenvalue weighted by atomic mass is 16.5. The molecule has 1 fully saturated rings. The summed E-state index contributed by atoms with van der Waals surface area (Å²) in [4.78, 5) is 27.8. The number of phenols is 1. The number of aromatic hydroxyl groups is 1. The zero-order valence-corrected chi connectivity index (χ0v) is 18.0. The molecule has 1 aliphatic heterocycles. The molecule has 1 saturated heterocycles. The lowest BCUT2D eigenvalue weighted by Crippen LogP contribution is -2.30. The number of benzene rings is 3. The number of hydrogen-bond acceptors (Lipinski definition) is 5. The second-order valence-corrected chi connectivity index (χ2v) is 7.78. The number of hydrogen-bond donors (Lipinski definition) is 2. The molecule has 1 amide bonds. The normalized spacial score (nSPS) is 17.6. The Balaban J connectivity index is 1.95. The maximum Gasteiger partial charge on any atom is 0.300 e. The van der Waals surface area contributed by atoms with Crippen molar-refractivity contribution in [1.82, 2.24) is 0 Å². The number of aliphatic hydroxyl groups excluding tert-OH is 1. The second-order valence-electron chi connectivity index (χ2n) is 7.78. The zero-order valence-electron chi connectivity index (χ0n) is 18.0. The van der Waals surface area contributed by atoms with Crippen LogP contribution < -0.4 is 9.64 Å². The SMILES string of the molecule is COc1ccc(/C(O)=C2\C(=O)C(=O)N(c3cc(C)ccc3C)C2c2ccc(O)cc2)cc1. The van der Waals surface area contributed by atoms with Gasteiger partial charge in [-0.2, -0.15) is 0 Å². The molecule has 1 unspecified atom stereocenters. The molecule has 6 nitrogen and oxygen atoms in total. The van der Waals surface area contributed by atoms with E-state index in [9.17, 15) is 19.8 Å². The van der Waals surface area contributed by atoms with Crippen LogP contribution in [0.25, 0.3) is 5.76 Å². The molecule has 3 aromatic rings. The lowest BCUT2D eigenvalue weighted by molar-refractivity contribution is -0.132. The van der Waals surface area contributed by atoms with Gasteiger partial charge < -0.3 is 14.9 Å². The van der Waals surface area contributed by atoms with E-state index in [0.29, 0.717) is 22.6 Å². The summed E-state index contributed by atoms with van der Waals surface area (Å²) < 4.78 is 5.16. The minimum absolute atomic E-state index is 0.00763. The van der Waals surface area contributed by atoms with Crippen molar-refractivity contribution in [2.45, 2.75) is 19.9 Å². The second kappa shape index (κ2) is 8.23. The van der Waals surface area contributed by atoms with E-state index < -0.39 is 17.7 Å². The standard InChI is InChI=1S/C26H23NO5/c1-15-4-5-16(2)21(14-15)27-23(17-6-10-19(28)11-7-17)22(25(30)26(27)31)24(29)18-8-12-20(32-3)13-9-18/h4-14,23,28-29H,1-3H3/b24-22+.